The predicted octanol–water partition coefficient (Wildman–Crippen LogP) is 1.10. The highest BCUT2D eigenvalue weighted by Gasteiger charge is 2.50. The van der Waals surface area contributed by atoms with E-state index in [0.717, 1.165) is 6.42 Å². The lowest BCUT2D eigenvalue weighted by molar-refractivity contribution is -0.306. The second kappa shape index (κ2) is 22.0. The van der Waals surface area contributed by atoms with Crippen molar-refractivity contribution in [3.05, 3.63) is 48.6 Å². The lowest BCUT2D eigenvalue weighted by Gasteiger charge is -2.45. The van der Waals surface area contributed by atoms with Gasteiger partial charge in [-0.15, -0.1) is 0 Å². The van der Waals surface area contributed by atoms with Gasteiger partial charge in [-0.3, -0.25) is 14.4 Å². The first-order valence-corrected chi connectivity index (χ1v) is 19.1. The number of Topliss-reactive ketones (excluding diaryl/α,β-unsaturated/α-hetero) is 1. The Balaban J connectivity index is 1.90. The highest BCUT2D eigenvalue weighted by molar-refractivity contribution is 5.80. The quantitative estimate of drug-likeness (QED) is 0.176. The van der Waals surface area contributed by atoms with Crippen molar-refractivity contribution < 1.29 is 64.0 Å². The molecule has 0 radical (unpaired) electrons. The number of allylic oxidation sites excluding steroid dienone is 6. The van der Waals surface area contributed by atoms with Gasteiger partial charge in [0.25, 0.3) is 0 Å². The van der Waals surface area contributed by atoms with E-state index in [1.165, 1.54) is 0 Å². The van der Waals surface area contributed by atoms with Gasteiger partial charge < -0.3 is 61.1 Å². The zero-order chi connectivity index (χ0) is 40.0. The molecular formula is C39H62N2O13. The molecule has 3 heterocycles. The summed E-state index contributed by atoms with van der Waals surface area (Å²) in [6.07, 6.45) is 3.91. The Hall–Kier alpha value is -2.83. The van der Waals surface area contributed by atoms with Crippen LogP contribution in [0.1, 0.15) is 91.4 Å². The Labute approximate surface area is 317 Å². The van der Waals surface area contributed by atoms with Crippen LogP contribution >= 0.6 is 0 Å². The predicted molar refractivity (Wildman–Crippen MR) is 197 cm³/mol. The van der Waals surface area contributed by atoms with Crippen molar-refractivity contribution in [2.24, 2.45) is 23.3 Å². The molecule has 14 atom stereocenters. The second-order valence-corrected chi connectivity index (χ2v) is 14.7. The molecule has 1 unspecified atom stereocenters. The van der Waals surface area contributed by atoms with E-state index in [2.05, 4.69) is 0 Å². The SMILES string of the molecule is CCC[C@H]1C/C=C/C=C/C=C/C=C/[C@H](O[C@@H]2O[C@H](C)[C@@H](O)[C@H](N)[C@@H]2O)CC2O[C@](O)(C[C@H](O)CCCC(=O)C[C@@H](O)[C@H](CC)C(=O)O1)C[C@H](O)[C@H]2C(N)=O. The molecule has 2 fully saturated rings. The van der Waals surface area contributed by atoms with E-state index in [9.17, 15) is 45.0 Å². The molecule has 0 saturated carbocycles. The molecule has 3 aliphatic rings. The van der Waals surface area contributed by atoms with E-state index in [4.69, 9.17) is 30.4 Å². The normalized spacial score (nSPS) is 42.3. The topological polar surface area (TPSA) is 262 Å². The molecule has 2 saturated heterocycles. The fourth-order valence-electron chi connectivity index (χ4n) is 7.20. The molecule has 10 N–H and O–H groups in total. The summed E-state index contributed by atoms with van der Waals surface area (Å²) in [6.45, 7) is 5.29. The van der Waals surface area contributed by atoms with Crippen molar-refractivity contribution in [1.82, 2.24) is 0 Å². The van der Waals surface area contributed by atoms with E-state index >= 15 is 0 Å². The van der Waals surface area contributed by atoms with Gasteiger partial charge in [0.15, 0.2) is 12.1 Å². The molecule has 15 nitrogen and oxygen atoms in total. The smallest absolute Gasteiger partial charge is 0.311 e. The van der Waals surface area contributed by atoms with E-state index in [-0.39, 0.29) is 50.7 Å². The summed E-state index contributed by atoms with van der Waals surface area (Å²) in [6, 6.07) is -1.08. The van der Waals surface area contributed by atoms with Gasteiger partial charge in [-0.2, -0.15) is 0 Å². The van der Waals surface area contributed by atoms with Crippen LogP contribution in [0, 0.1) is 11.8 Å². The van der Waals surface area contributed by atoms with Crippen LogP contribution in [-0.2, 0) is 33.3 Å². The molecule has 3 rings (SSSR count). The number of fused-ring (bicyclic) bond motifs is 2. The molecule has 0 aliphatic carbocycles. The molecule has 15 heteroatoms. The van der Waals surface area contributed by atoms with Crippen LogP contribution in [0.2, 0.25) is 0 Å². The molecule has 3 aliphatic heterocycles. The summed E-state index contributed by atoms with van der Waals surface area (Å²) in [7, 11) is 0. The molecule has 306 valence electrons. The summed E-state index contributed by atoms with van der Waals surface area (Å²) < 4.78 is 23.6. The van der Waals surface area contributed by atoms with Crippen molar-refractivity contribution >= 4 is 17.7 Å². The van der Waals surface area contributed by atoms with Crippen molar-refractivity contribution in [2.75, 3.05) is 0 Å². The number of ketones is 1. The monoisotopic (exact) mass is 766 g/mol. The maximum atomic E-state index is 13.0. The number of ether oxygens (including phenoxy) is 4. The summed E-state index contributed by atoms with van der Waals surface area (Å²) in [4.78, 5) is 38.4. The van der Waals surface area contributed by atoms with Gasteiger partial charge in [0.05, 0.1) is 60.6 Å². The third kappa shape index (κ3) is 13.7. The summed E-state index contributed by atoms with van der Waals surface area (Å²) in [5.41, 5.74) is 11.7. The highest BCUT2D eigenvalue weighted by Crippen LogP contribution is 2.38. The number of esters is 1. The average molecular weight is 767 g/mol. The molecule has 1 amide bonds. The minimum Gasteiger partial charge on any atom is -0.462 e. The Morgan fingerprint density at radius 1 is 0.981 bits per heavy atom. The Bertz CT molecular complexity index is 1320. The maximum Gasteiger partial charge on any atom is 0.311 e. The van der Waals surface area contributed by atoms with Crippen molar-refractivity contribution in [2.45, 2.75) is 164 Å². The van der Waals surface area contributed by atoms with Crippen molar-refractivity contribution in [3.8, 4) is 0 Å². The molecule has 0 spiro atoms. The van der Waals surface area contributed by atoms with Gasteiger partial charge >= 0.3 is 5.97 Å². The standard InChI is InChI=1S/C39H62N2O13/c1-4-14-26-17-11-9-7-6-8-10-12-18-27(53-38-35(47)33(40)34(46)23(3)51-38)20-31-32(36(41)48)30(45)22-39(50,54-31)21-25(43)16-13-15-24(42)19-29(44)28(5-2)37(49)52-26/h6-12,18,23,25-35,38,43-47,50H,4-5,13-17,19-22,40H2,1-3H3,(H2,41,48)/b7-6+,10-8+,11-9+,18-12+/t23-,25-,26+,27+,28+,29-,30+,31?,32-,33+,34-,35+,38+,39-/m1/s1. The molecule has 0 aromatic carbocycles. The number of carbonyl (C=O) groups is 3. The van der Waals surface area contributed by atoms with Crippen molar-refractivity contribution in [1.29, 1.82) is 0 Å². The minimum absolute atomic E-state index is 0.00114. The highest BCUT2D eigenvalue weighted by atomic mass is 16.7. The lowest BCUT2D eigenvalue weighted by Crippen LogP contribution is -2.61. The zero-order valence-electron chi connectivity index (χ0n) is 31.6. The molecule has 0 aromatic rings. The van der Waals surface area contributed by atoms with Gasteiger partial charge in [-0.1, -0.05) is 68.9 Å². The number of cyclic esters (lactones) is 1. The summed E-state index contributed by atoms with van der Waals surface area (Å²) in [5.74, 6) is -6.00. The van der Waals surface area contributed by atoms with E-state index in [0.29, 0.717) is 12.8 Å². The Morgan fingerprint density at radius 3 is 2.33 bits per heavy atom. The fourth-order valence-corrected chi connectivity index (χ4v) is 7.20. The third-order valence-electron chi connectivity index (χ3n) is 10.2. The van der Waals surface area contributed by atoms with E-state index in [1.54, 1.807) is 56.4 Å². The number of carbonyl (C=O) groups excluding carboxylic acids is 3. The van der Waals surface area contributed by atoms with Gasteiger partial charge in [0, 0.05) is 38.5 Å². The fraction of sp³-hybridized carbons (Fsp3) is 0.718. The van der Waals surface area contributed by atoms with Crippen LogP contribution < -0.4 is 11.5 Å². The van der Waals surface area contributed by atoms with Gasteiger partial charge in [0.2, 0.25) is 5.91 Å². The number of aliphatic hydroxyl groups is 6. The molecule has 2 bridgehead atoms. The molecule has 0 aromatic heterocycles. The molecule has 54 heavy (non-hydrogen) atoms. The lowest BCUT2D eigenvalue weighted by atomic mass is 9.82. The summed E-state index contributed by atoms with van der Waals surface area (Å²) in [5, 5.41) is 65.3. The number of hydrogen-bond donors (Lipinski definition) is 8. The van der Waals surface area contributed by atoms with E-state index in [1.807, 2.05) is 13.0 Å². The van der Waals surface area contributed by atoms with Crippen molar-refractivity contribution in [3.63, 3.8) is 0 Å². The van der Waals surface area contributed by atoms with Gasteiger partial charge in [0.1, 0.15) is 18.0 Å². The third-order valence-corrected chi connectivity index (χ3v) is 10.2. The van der Waals surface area contributed by atoms with Crippen LogP contribution in [0.15, 0.2) is 48.6 Å². The largest absolute Gasteiger partial charge is 0.462 e. The number of nitrogens with two attached hydrogens (primary N) is 2. The number of amides is 1. The van der Waals surface area contributed by atoms with Gasteiger partial charge in [-0.05, 0) is 32.6 Å². The number of aliphatic hydroxyl groups excluding tert-OH is 5. The first kappa shape index (κ1) is 45.6. The van der Waals surface area contributed by atoms with E-state index < -0.39 is 103 Å². The first-order chi connectivity index (χ1) is 25.6. The molecular weight excluding hydrogens is 704 g/mol. The summed E-state index contributed by atoms with van der Waals surface area (Å²) >= 11 is 0. The van der Waals surface area contributed by atoms with Gasteiger partial charge in [-0.25, -0.2) is 0 Å². The second-order valence-electron chi connectivity index (χ2n) is 14.7. The minimum atomic E-state index is -2.10. The Morgan fingerprint density at radius 2 is 1.67 bits per heavy atom. The number of hydrogen-bond acceptors (Lipinski definition) is 14. The maximum absolute atomic E-state index is 13.0. The van der Waals surface area contributed by atoms with Crippen LogP contribution in [0.25, 0.3) is 0 Å². The number of primary amides is 1. The zero-order valence-corrected chi connectivity index (χ0v) is 31.6. The van der Waals surface area contributed by atoms with Crippen LogP contribution in [0.4, 0.5) is 0 Å². The Kier molecular flexibility index (Phi) is 18.6. The van der Waals surface area contributed by atoms with Crippen LogP contribution in [0.3, 0.4) is 0 Å². The first-order valence-electron chi connectivity index (χ1n) is 19.1. The van der Waals surface area contributed by atoms with Crippen LogP contribution in [0.5, 0.6) is 0 Å². The number of rotatable bonds is 6. The average Bonchev–Trinajstić information content (AvgIpc) is 3.08. The van der Waals surface area contributed by atoms with Crippen LogP contribution in [-0.4, -0.2) is 121 Å².